The molecule has 2 heterocycles. The Morgan fingerprint density at radius 3 is 2.89 bits per heavy atom. The second-order valence-corrected chi connectivity index (χ2v) is 4.30. The van der Waals surface area contributed by atoms with Crippen molar-refractivity contribution in [3.8, 4) is 0 Å². The average Bonchev–Trinajstić information content (AvgIpc) is 2.27. The van der Waals surface area contributed by atoms with E-state index in [1.165, 1.54) is 0 Å². The third kappa shape index (κ3) is 3.14. The van der Waals surface area contributed by atoms with Gasteiger partial charge in [-0.3, -0.25) is 0 Å². The fraction of sp³-hybridized carbons (Fsp3) is 0.667. The van der Waals surface area contributed by atoms with Gasteiger partial charge in [0.1, 0.15) is 19.1 Å². The SMILES string of the molecule is COCc1nc(C)cc(N2CC(OCCF)C2)n1. The fourth-order valence-corrected chi connectivity index (χ4v) is 1.91. The van der Waals surface area contributed by atoms with Crippen LogP contribution in [0.25, 0.3) is 0 Å². The summed E-state index contributed by atoms with van der Waals surface area (Å²) < 4.78 is 22.3. The number of aryl methyl sites for hydroxylation is 1. The van der Waals surface area contributed by atoms with Crippen molar-refractivity contribution in [1.82, 2.24) is 9.97 Å². The molecule has 2 rings (SSSR count). The maximum atomic E-state index is 12.0. The summed E-state index contributed by atoms with van der Waals surface area (Å²) in [6.45, 7) is 3.59. The Morgan fingerprint density at radius 1 is 1.44 bits per heavy atom. The lowest BCUT2D eigenvalue weighted by molar-refractivity contribution is 0.0264. The monoisotopic (exact) mass is 255 g/mol. The standard InChI is InChI=1S/C12H18FN3O2/c1-9-5-12(15-11(14-9)8-17-2)16-6-10(7-16)18-4-3-13/h5,10H,3-4,6-8H2,1-2H3. The third-order valence-corrected chi connectivity index (χ3v) is 2.76. The highest BCUT2D eigenvalue weighted by Gasteiger charge is 2.28. The van der Waals surface area contributed by atoms with Gasteiger partial charge < -0.3 is 14.4 Å². The van der Waals surface area contributed by atoms with Gasteiger partial charge in [-0.15, -0.1) is 0 Å². The Hall–Kier alpha value is -1.27. The predicted molar refractivity (Wildman–Crippen MR) is 65.4 cm³/mol. The second-order valence-electron chi connectivity index (χ2n) is 4.30. The van der Waals surface area contributed by atoms with Crippen molar-refractivity contribution in [2.24, 2.45) is 0 Å². The topological polar surface area (TPSA) is 47.5 Å². The van der Waals surface area contributed by atoms with Crippen LogP contribution in [0.3, 0.4) is 0 Å². The van der Waals surface area contributed by atoms with Crippen LogP contribution in [0.5, 0.6) is 0 Å². The maximum absolute atomic E-state index is 12.0. The summed E-state index contributed by atoms with van der Waals surface area (Å²) in [6, 6.07) is 1.94. The highest BCUT2D eigenvalue weighted by Crippen LogP contribution is 2.21. The molecule has 100 valence electrons. The zero-order valence-electron chi connectivity index (χ0n) is 10.7. The highest BCUT2D eigenvalue weighted by atomic mass is 19.1. The van der Waals surface area contributed by atoms with E-state index in [2.05, 4.69) is 14.9 Å². The summed E-state index contributed by atoms with van der Waals surface area (Å²) in [6.07, 6.45) is 0.113. The lowest BCUT2D eigenvalue weighted by Gasteiger charge is -2.39. The van der Waals surface area contributed by atoms with Crippen LogP contribution in [-0.4, -0.2) is 49.6 Å². The molecule has 1 aliphatic rings. The molecule has 1 saturated heterocycles. The first-order chi connectivity index (χ1) is 8.72. The molecule has 0 aliphatic carbocycles. The van der Waals surface area contributed by atoms with E-state index in [4.69, 9.17) is 9.47 Å². The van der Waals surface area contributed by atoms with Crippen LogP contribution in [-0.2, 0) is 16.1 Å². The molecule has 18 heavy (non-hydrogen) atoms. The molecule has 0 radical (unpaired) electrons. The van der Waals surface area contributed by atoms with Gasteiger partial charge in [-0.2, -0.15) is 0 Å². The molecule has 0 atom stereocenters. The lowest BCUT2D eigenvalue weighted by Crippen LogP contribution is -2.53. The van der Waals surface area contributed by atoms with E-state index in [0.717, 1.165) is 24.6 Å². The average molecular weight is 255 g/mol. The first kappa shape index (κ1) is 13.2. The molecule has 1 aromatic heterocycles. The molecule has 1 aromatic rings. The van der Waals surface area contributed by atoms with Crippen LogP contribution in [0.4, 0.5) is 10.2 Å². The minimum Gasteiger partial charge on any atom is -0.377 e. The molecule has 6 heteroatoms. The minimum atomic E-state index is -0.429. The number of ether oxygens (including phenoxy) is 2. The normalized spacial score (nSPS) is 15.8. The van der Waals surface area contributed by atoms with Crippen molar-refractivity contribution in [2.45, 2.75) is 19.6 Å². The first-order valence-corrected chi connectivity index (χ1v) is 5.99. The van der Waals surface area contributed by atoms with Gasteiger partial charge in [-0.1, -0.05) is 0 Å². The molecule has 0 saturated carbocycles. The smallest absolute Gasteiger partial charge is 0.156 e. The van der Waals surface area contributed by atoms with Gasteiger partial charge in [-0.25, -0.2) is 14.4 Å². The molecule has 1 fully saturated rings. The van der Waals surface area contributed by atoms with Crippen molar-refractivity contribution < 1.29 is 13.9 Å². The Balaban J connectivity index is 1.94. The number of alkyl halides is 1. The van der Waals surface area contributed by atoms with Gasteiger partial charge >= 0.3 is 0 Å². The van der Waals surface area contributed by atoms with E-state index in [1.807, 2.05) is 13.0 Å². The van der Waals surface area contributed by atoms with E-state index in [9.17, 15) is 4.39 Å². The summed E-state index contributed by atoms with van der Waals surface area (Å²) >= 11 is 0. The molecular weight excluding hydrogens is 237 g/mol. The molecule has 1 aliphatic heterocycles. The Kier molecular flexibility index (Phi) is 4.43. The van der Waals surface area contributed by atoms with Crippen molar-refractivity contribution in [3.63, 3.8) is 0 Å². The molecule has 0 bridgehead atoms. The number of nitrogens with zero attached hydrogens (tertiary/aromatic N) is 3. The Bertz CT molecular complexity index is 397. The number of methoxy groups -OCH3 is 1. The third-order valence-electron chi connectivity index (χ3n) is 2.76. The van der Waals surface area contributed by atoms with Crippen molar-refractivity contribution in [3.05, 3.63) is 17.6 Å². The lowest BCUT2D eigenvalue weighted by atomic mass is 10.1. The molecule has 0 aromatic carbocycles. The molecule has 0 unspecified atom stereocenters. The summed E-state index contributed by atoms with van der Waals surface area (Å²) in [4.78, 5) is 10.8. The molecular formula is C12H18FN3O2. The van der Waals surface area contributed by atoms with Crippen LogP contribution in [0, 0.1) is 6.92 Å². The molecule has 5 nitrogen and oxygen atoms in total. The van der Waals surface area contributed by atoms with Gasteiger partial charge in [0.05, 0.1) is 12.7 Å². The van der Waals surface area contributed by atoms with Gasteiger partial charge in [0.2, 0.25) is 0 Å². The predicted octanol–water partition coefficient (Wildman–Crippen LogP) is 1.11. The zero-order chi connectivity index (χ0) is 13.0. The number of hydrogen-bond donors (Lipinski definition) is 0. The van der Waals surface area contributed by atoms with Gasteiger partial charge in [0.25, 0.3) is 0 Å². The number of halogens is 1. The van der Waals surface area contributed by atoms with Crippen LogP contribution < -0.4 is 4.90 Å². The largest absolute Gasteiger partial charge is 0.377 e. The Morgan fingerprint density at radius 2 is 2.22 bits per heavy atom. The van der Waals surface area contributed by atoms with E-state index in [1.54, 1.807) is 7.11 Å². The molecule has 0 spiro atoms. The van der Waals surface area contributed by atoms with Gasteiger partial charge in [-0.05, 0) is 6.92 Å². The van der Waals surface area contributed by atoms with Gasteiger partial charge in [0.15, 0.2) is 5.82 Å². The van der Waals surface area contributed by atoms with E-state index in [0.29, 0.717) is 12.4 Å². The summed E-state index contributed by atoms with van der Waals surface area (Å²) in [5.74, 6) is 1.57. The maximum Gasteiger partial charge on any atom is 0.156 e. The van der Waals surface area contributed by atoms with E-state index in [-0.39, 0.29) is 12.7 Å². The second kappa shape index (κ2) is 6.06. The molecule has 0 amide bonds. The number of aromatic nitrogens is 2. The van der Waals surface area contributed by atoms with E-state index >= 15 is 0 Å². The minimum absolute atomic E-state index is 0.113. The summed E-state index contributed by atoms with van der Waals surface area (Å²) in [5, 5.41) is 0. The quantitative estimate of drug-likeness (QED) is 0.762. The number of anilines is 1. The zero-order valence-corrected chi connectivity index (χ0v) is 10.7. The van der Waals surface area contributed by atoms with Crippen LogP contribution in [0.15, 0.2) is 6.07 Å². The van der Waals surface area contributed by atoms with Gasteiger partial charge in [0, 0.05) is 32.0 Å². The van der Waals surface area contributed by atoms with Crippen molar-refractivity contribution >= 4 is 5.82 Å². The van der Waals surface area contributed by atoms with Crippen LogP contribution in [0.2, 0.25) is 0 Å². The van der Waals surface area contributed by atoms with Crippen LogP contribution >= 0.6 is 0 Å². The number of rotatable bonds is 6. The summed E-state index contributed by atoms with van der Waals surface area (Å²) in [5.41, 5.74) is 0.917. The first-order valence-electron chi connectivity index (χ1n) is 5.99. The van der Waals surface area contributed by atoms with Crippen molar-refractivity contribution in [2.75, 3.05) is 38.4 Å². The Labute approximate surface area is 106 Å². The fourth-order valence-electron chi connectivity index (χ4n) is 1.91. The van der Waals surface area contributed by atoms with E-state index < -0.39 is 6.67 Å². The van der Waals surface area contributed by atoms with Crippen LogP contribution in [0.1, 0.15) is 11.5 Å². The number of hydrogen-bond acceptors (Lipinski definition) is 5. The van der Waals surface area contributed by atoms with Crippen molar-refractivity contribution in [1.29, 1.82) is 0 Å². The highest BCUT2D eigenvalue weighted by molar-refractivity contribution is 5.43. The molecule has 0 N–H and O–H groups in total. The summed E-state index contributed by atoms with van der Waals surface area (Å²) in [7, 11) is 1.62.